The molecule has 6 aromatic rings. The van der Waals surface area contributed by atoms with Crippen LogP contribution in [-0.2, 0) is 102 Å². The Morgan fingerprint density at radius 2 is 0.870 bits per heavy atom. The van der Waals surface area contributed by atoms with Gasteiger partial charge in [0.25, 0.3) is 0 Å². The van der Waals surface area contributed by atoms with Gasteiger partial charge in [0.05, 0.1) is 94.3 Å². The monoisotopic (exact) mass is 1580 g/mol. The first kappa shape index (κ1) is 98.3. The highest BCUT2D eigenvalue weighted by molar-refractivity contribution is 9.10. The third kappa shape index (κ3) is 32.9. The molecule has 1 aliphatic carbocycles. The summed E-state index contributed by atoms with van der Waals surface area (Å²) in [5.74, 6) is 5.61. The lowest BCUT2D eigenvalue weighted by Crippen LogP contribution is -2.30. The van der Waals surface area contributed by atoms with Gasteiger partial charge in [-0.1, -0.05) is 190 Å². The van der Waals surface area contributed by atoms with Crippen LogP contribution >= 0.6 is 27.5 Å². The number of aromatic nitrogens is 12. The Morgan fingerprint density at radius 1 is 0.500 bits per heavy atom. The summed E-state index contributed by atoms with van der Waals surface area (Å²) in [4.78, 5) is 75.3. The van der Waals surface area contributed by atoms with E-state index in [1.165, 1.54) is 46.3 Å². The van der Waals surface area contributed by atoms with Gasteiger partial charge in [-0.2, -0.15) is 0 Å². The number of carbonyl (C=O) groups is 1. The van der Waals surface area contributed by atoms with Crippen molar-refractivity contribution in [3.8, 4) is 0 Å². The van der Waals surface area contributed by atoms with E-state index < -0.39 is 0 Å². The second-order valence-corrected chi connectivity index (χ2v) is 38.7. The van der Waals surface area contributed by atoms with Gasteiger partial charge >= 0.3 is 0 Å². The molecule has 19 nitrogen and oxygen atoms in total. The summed E-state index contributed by atoms with van der Waals surface area (Å²) < 4.78 is 1.03. The molecule has 6 aromatic heterocycles. The molecule has 1 amide bonds. The highest BCUT2D eigenvalue weighted by Crippen LogP contribution is 2.39. The fraction of sp³-hybridized carbons (Fsp3) is 0.690. The minimum Gasteiger partial charge on any atom is -0.349 e. The first-order chi connectivity index (χ1) is 49.3. The van der Waals surface area contributed by atoms with Crippen LogP contribution in [0.4, 0.5) is 0 Å². The van der Waals surface area contributed by atoms with Crippen LogP contribution in [0.1, 0.15) is 324 Å². The van der Waals surface area contributed by atoms with Gasteiger partial charge < -0.3 is 30.2 Å². The highest BCUT2D eigenvalue weighted by atomic mass is 79.9. The lowest BCUT2D eigenvalue weighted by Gasteiger charge is -2.34. The third-order valence-corrected chi connectivity index (χ3v) is 18.8. The van der Waals surface area contributed by atoms with Crippen LogP contribution in [-0.4, -0.2) is 148 Å². The molecule has 21 heteroatoms. The molecule has 7 rings (SSSR count). The number of allylic oxidation sites excluding steroid dienone is 1. The molecule has 0 saturated carbocycles. The number of rotatable bonds is 19. The zero-order chi connectivity index (χ0) is 83.3. The molecule has 0 aromatic carbocycles. The van der Waals surface area contributed by atoms with Crippen molar-refractivity contribution in [3.05, 3.63) is 148 Å². The number of fused-ring (bicyclic) bond motifs is 1. The van der Waals surface area contributed by atoms with Crippen LogP contribution in [0, 0.1) is 40.0 Å². The highest BCUT2D eigenvalue weighted by Gasteiger charge is 2.34. The maximum Gasteiger partial charge on any atom is 0.217 e. The standard InChI is InChI=1S/C17H27N3O.C16H29N3.C15H27N3.C15H25N3.C12H20BrN3.C12H20ClN3/c1-11(21)18-10-14-19-13-7-8-17(5,6)9-12(13)15(20-14)16(2,3)4;1-8-9-17-10-13-18-12(4)14(11(2)3)15(19-13)16(5,6)7;2*1-8-9-12-11(2)16-13(10-18(6)7)17-14(12)15(3,4)5;2*1-8-10(13)11(12(2,3)4)15-9(14-8)7-16(5)6/h7-10H2,1-6H3,(H,18,21);11,17H,8-10H2,1-7H3;8-10H2,1-7H3;8H,1,9-10H2,2-7H3;2*7H2,1-6H3. The molecule has 2 N–H and O–H groups in total. The number of nitrogens with zero attached hydrogens (tertiary/aromatic N) is 16. The van der Waals surface area contributed by atoms with Crippen molar-refractivity contribution in [1.82, 2.24) is 90.0 Å². The molecule has 0 atom stereocenters. The molecule has 0 bridgehead atoms. The Labute approximate surface area is 670 Å². The van der Waals surface area contributed by atoms with Crippen LogP contribution in [0.3, 0.4) is 0 Å². The van der Waals surface area contributed by atoms with E-state index in [4.69, 9.17) is 36.5 Å². The van der Waals surface area contributed by atoms with Crippen molar-refractivity contribution < 1.29 is 4.79 Å². The van der Waals surface area contributed by atoms with Crippen LogP contribution in [0.15, 0.2) is 17.1 Å². The van der Waals surface area contributed by atoms with E-state index in [0.717, 1.165) is 175 Å². The third-order valence-electron chi connectivity index (χ3n) is 17.4. The average molecular weight is 1580 g/mol. The predicted octanol–water partition coefficient (Wildman–Crippen LogP) is 18.3. The van der Waals surface area contributed by atoms with E-state index in [9.17, 15) is 4.79 Å². The molecule has 1 aliphatic rings. The summed E-state index contributed by atoms with van der Waals surface area (Å²) in [7, 11) is 16.2. The number of nitrogens with one attached hydrogen (secondary N) is 2. The summed E-state index contributed by atoms with van der Waals surface area (Å²) in [6, 6.07) is 0. The van der Waals surface area contributed by atoms with E-state index >= 15 is 0 Å². The van der Waals surface area contributed by atoms with Gasteiger partial charge in [-0.15, -0.1) is 6.58 Å². The number of hydrogen-bond acceptors (Lipinski definition) is 18. The first-order valence-electron chi connectivity index (χ1n) is 39.0. The Hall–Kier alpha value is -5.74. The van der Waals surface area contributed by atoms with Crippen LogP contribution in [0.2, 0.25) is 5.02 Å². The largest absolute Gasteiger partial charge is 0.349 e. The fourth-order valence-corrected chi connectivity index (χ4v) is 13.5. The van der Waals surface area contributed by atoms with E-state index in [2.05, 4.69) is 289 Å². The second kappa shape index (κ2) is 42.2. The maximum absolute atomic E-state index is 11.1. The van der Waals surface area contributed by atoms with Crippen LogP contribution < -0.4 is 10.6 Å². The summed E-state index contributed by atoms with van der Waals surface area (Å²) >= 11 is 9.83. The molecular formula is C87H148BrClN18O. The Balaban J connectivity index is 0.000000441. The van der Waals surface area contributed by atoms with E-state index in [1.807, 2.05) is 62.2 Å². The normalized spacial score (nSPS) is 13.2. The van der Waals surface area contributed by atoms with E-state index in [-0.39, 0.29) is 38.4 Å². The lowest BCUT2D eigenvalue weighted by atomic mass is 9.73. The minimum absolute atomic E-state index is 0.00851. The molecule has 108 heavy (non-hydrogen) atoms. The van der Waals surface area contributed by atoms with Crippen LogP contribution in [0.25, 0.3) is 0 Å². The smallest absolute Gasteiger partial charge is 0.217 e. The van der Waals surface area contributed by atoms with Gasteiger partial charge in [0.1, 0.15) is 34.9 Å². The number of aryl methyl sites for hydroxylation is 6. The number of carbonyl (C=O) groups excluding carboxylic acids is 1. The molecule has 0 fully saturated rings. The summed E-state index contributed by atoms with van der Waals surface area (Å²) in [6.07, 6.45) is 9.29. The molecule has 0 saturated heterocycles. The van der Waals surface area contributed by atoms with Crippen molar-refractivity contribution >= 4 is 33.4 Å². The Kier molecular flexibility index (Phi) is 38.4. The van der Waals surface area contributed by atoms with Gasteiger partial charge in [0.2, 0.25) is 5.91 Å². The van der Waals surface area contributed by atoms with Crippen LogP contribution in [0.5, 0.6) is 0 Å². The fourth-order valence-electron chi connectivity index (χ4n) is 12.4. The van der Waals surface area contributed by atoms with Crippen molar-refractivity contribution in [3.63, 3.8) is 0 Å². The van der Waals surface area contributed by atoms with Gasteiger partial charge in [-0.3, -0.25) is 4.79 Å². The first-order valence-corrected chi connectivity index (χ1v) is 40.2. The topological polar surface area (TPSA) is 209 Å². The Bertz CT molecular complexity index is 3780. The predicted molar refractivity (Wildman–Crippen MR) is 458 cm³/mol. The molecule has 6 heterocycles. The summed E-state index contributed by atoms with van der Waals surface area (Å²) in [5, 5.41) is 6.87. The zero-order valence-electron chi connectivity index (χ0n) is 75.1. The van der Waals surface area contributed by atoms with Crippen molar-refractivity contribution in [2.75, 3.05) is 62.9 Å². The maximum atomic E-state index is 11.1. The van der Waals surface area contributed by atoms with Crippen molar-refractivity contribution in [2.24, 2.45) is 5.41 Å². The molecule has 0 radical (unpaired) electrons. The minimum atomic E-state index is -0.0498. The molecular weight excluding hydrogens is 1430 g/mol. The molecule has 0 aliphatic heterocycles. The second-order valence-electron chi connectivity index (χ2n) is 37.6. The number of halogens is 2. The number of hydrogen-bond donors (Lipinski definition) is 2. The van der Waals surface area contributed by atoms with Crippen molar-refractivity contribution in [2.45, 2.75) is 330 Å². The summed E-state index contributed by atoms with van der Waals surface area (Å²) in [5.41, 5.74) is 18.8. The molecule has 606 valence electrons. The molecule has 0 spiro atoms. The van der Waals surface area contributed by atoms with E-state index in [0.29, 0.717) is 22.9 Å². The lowest BCUT2D eigenvalue weighted by molar-refractivity contribution is -0.119. The molecule has 0 unspecified atom stereocenters. The summed E-state index contributed by atoms with van der Waals surface area (Å²) in [6.45, 7) is 73.7. The van der Waals surface area contributed by atoms with Gasteiger partial charge in [0.15, 0.2) is 0 Å². The SMILES string of the molecule is C=CCc1c(C)nc(CN(C)C)nc1C(C)(C)C.CC(=O)NCc1nc2c(c(C(C)(C)C)n1)CC(C)(C)CC2.CCCNCc1nc(C)c(C(C)C)c(C(C)(C)C)n1.CCCc1c(C)nc(CN(C)C)nc1C(C)(C)C.Cc1nc(CN(C)C)nc(C(C)(C)C)c1Br.Cc1nc(CN(C)C)nc(C(C)(C)C)c1Cl. The van der Waals surface area contributed by atoms with Gasteiger partial charge in [0, 0.05) is 62.2 Å². The van der Waals surface area contributed by atoms with Gasteiger partial charge in [-0.05, 0) is 186 Å². The quantitative estimate of drug-likeness (QED) is 0.0571. The number of amides is 1. The zero-order valence-corrected chi connectivity index (χ0v) is 77.4. The van der Waals surface area contributed by atoms with E-state index in [1.54, 1.807) is 0 Å². The Morgan fingerprint density at radius 3 is 1.27 bits per heavy atom. The average Bonchev–Trinajstić information content (AvgIpc) is 0.773. The van der Waals surface area contributed by atoms with Gasteiger partial charge in [-0.25, -0.2) is 59.8 Å². The van der Waals surface area contributed by atoms with Crippen molar-refractivity contribution in [1.29, 1.82) is 0 Å².